The highest BCUT2D eigenvalue weighted by Gasteiger charge is 2.38. The lowest BCUT2D eigenvalue weighted by Crippen LogP contribution is -2.45. The van der Waals surface area contributed by atoms with E-state index in [9.17, 15) is 9.18 Å². The van der Waals surface area contributed by atoms with Crippen LogP contribution < -0.4 is 21.5 Å². The molecule has 1 aromatic rings. The van der Waals surface area contributed by atoms with E-state index in [1.807, 2.05) is 4.90 Å². The molecule has 2 aliphatic rings. The van der Waals surface area contributed by atoms with Crippen molar-refractivity contribution in [3.63, 3.8) is 0 Å². The molecule has 1 aromatic heterocycles. The second kappa shape index (κ2) is 7.51. The summed E-state index contributed by atoms with van der Waals surface area (Å²) in [5, 5.41) is 3.21. The van der Waals surface area contributed by atoms with Gasteiger partial charge in [0.05, 0.1) is 31.0 Å². The van der Waals surface area contributed by atoms with E-state index in [4.69, 9.17) is 27.8 Å². The van der Waals surface area contributed by atoms with Crippen LogP contribution in [0.4, 0.5) is 4.39 Å². The predicted molar refractivity (Wildman–Crippen MR) is 97.1 cm³/mol. The van der Waals surface area contributed by atoms with Gasteiger partial charge in [-0.1, -0.05) is 11.6 Å². The normalized spacial score (nSPS) is 22.4. The smallest absolute Gasteiger partial charge is 0.339 e. The van der Waals surface area contributed by atoms with Gasteiger partial charge in [-0.25, -0.2) is 14.2 Å². The zero-order valence-electron chi connectivity index (χ0n) is 15.0. The molecule has 5 N–H and O–H groups in total. The number of carbonyl (C=O) groups is 1. The Balaban J connectivity index is 1.78. The quantitative estimate of drug-likeness (QED) is 0.507. The number of methoxy groups -OCH3 is 1. The molecule has 146 valence electrons. The molecule has 0 aliphatic carbocycles. The van der Waals surface area contributed by atoms with E-state index >= 15 is 0 Å². The summed E-state index contributed by atoms with van der Waals surface area (Å²) in [7, 11) is 1.23. The maximum Gasteiger partial charge on any atom is 0.339 e. The van der Waals surface area contributed by atoms with Crippen molar-refractivity contribution in [2.75, 3.05) is 20.2 Å². The van der Waals surface area contributed by atoms with Crippen LogP contribution in [0.25, 0.3) is 0 Å². The van der Waals surface area contributed by atoms with Crippen molar-refractivity contribution in [2.24, 2.45) is 11.5 Å². The van der Waals surface area contributed by atoms with Crippen LogP contribution >= 0.6 is 11.6 Å². The maximum atomic E-state index is 14.6. The third-order valence-corrected chi connectivity index (χ3v) is 4.79. The summed E-state index contributed by atoms with van der Waals surface area (Å²) in [4.78, 5) is 17.6. The van der Waals surface area contributed by atoms with Crippen LogP contribution in [-0.2, 0) is 4.74 Å². The molecule has 0 radical (unpaired) electrons. The molecule has 27 heavy (non-hydrogen) atoms. The molecular formula is C17H21ClFN5O3. The van der Waals surface area contributed by atoms with Gasteiger partial charge in [0.1, 0.15) is 17.1 Å². The number of rotatable bonds is 4. The monoisotopic (exact) mass is 397 g/mol. The first-order valence-corrected chi connectivity index (χ1v) is 8.72. The summed E-state index contributed by atoms with van der Waals surface area (Å²) in [6.07, 6.45) is 3.16. The number of halogens is 2. The number of fused-ring (bicyclic) bond motifs is 1. The predicted octanol–water partition coefficient (Wildman–Crippen LogP) is 0.907. The zero-order valence-corrected chi connectivity index (χ0v) is 15.7. The van der Waals surface area contributed by atoms with Gasteiger partial charge in [0, 0.05) is 24.7 Å². The molecule has 8 nitrogen and oxygen atoms in total. The van der Waals surface area contributed by atoms with E-state index in [1.165, 1.54) is 20.2 Å². The lowest BCUT2D eigenvalue weighted by atomic mass is 10.1. The highest BCUT2D eigenvalue weighted by molar-refractivity contribution is 6.29. The molecule has 0 aromatic carbocycles. The topological polar surface area (TPSA) is 116 Å². The highest BCUT2D eigenvalue weighted by Crippen LogP contribution is 2.31. The second-order valence-corrected chi connectivity index (χ2v) is 6.83. The van der Waals surface area contributed by atoms with Gasteiger partial charge >= 0.3 is 5.97 Å². The van der Waals surface area contributed by atoms with E-state index in [1.54, 1.807) is 6.08 Å². The highest BCUT2D eigenvalue weighted by atomic mass is 35.5. The maximum absolute atomic E-state index is 14.6. The third kappa shape index (κ3) is 3.73. The molecule has 0 amide bonds. The van der Waals surface area contributed by atoms with Crippen molar-refractivity contribution in [1.29, 1.82) is 0 Å². The fourth-order valence-electron chi connectivity index (χ4n) is 3.32. The van der Waals surface area contributed by atoms with E-state index in [0.29, 0.717) is 31.0 Å². The van der Waals surface area contributed by atoms with Crippen molar-refractivity contribution in [3.05, 3.63) is 45.9 Å². The van der Waals surface area contributed by atoms with Crippen LogP contribution in [0.1, 0.15) is 22.3 Å². The third-order valence-electron chi connectivity index (χ3n) is 4.68. The SMILES string of the molecule is COC(=O)c1cnc(OC2CC3CNC(N)=C(/C=C(\N)Cl)N3C2)c(F)c1C. The van der Waals surface area contributed by atoms with Crippen molar-refractivity contribution >= 4 is 17.6 Å². The number of nitrogens with zero attached hydrogens (tertiary/aromatic N) is 2. The van der Waals surface area contributed by atoms with Gasteiger partial charge in [0.15, 0.2) is 5.82 Å². The van der Waals surface area contributed by atoms with Gasteiger partial charge in [-0.15, -0.1) is 0 Å². The van der Waals surface area contributed by atoms with Gasteiger partial charge < -0.3 is 31.2 Å². The molecular weight excluding hydrogens is 377 g/mol. The van der Waals surface area contributed by atoms with Crippen molar-refractivity contribution in [2.45, 2.75) is 25.5 Å². The van der Waals surface area contributed by atoms with E-state index in [-0.39, 0.29) is 34.3 Å². The number of carbonyl (C=O) groups excluding carboxylic acids is 1. The Kier molecular flexibility index (Phi) is 5.31. The van der Waals surface area contributed by atoms with Gasteiger partial charge in [-0.3, -0.25) is 0 Å². The summed E-state index contributed by atoms with van der Waals surface area (Å²) in [6, 6.07) is 0.100. The summed E-state index contributed by atoms with van der Waals surface area (Å²) >= 11 is 5.79. The summed E-state index contributed by atoms with van der Waals surface area (Å²) in [5.41, 5.74) is 12.4. The van der Waals surface area contributed by atoms with Gasteiger partial charge in [-0.2, -0.15) is 0 Å². The minimum absolute atomic E-state index is 0.0658. The second-order valence-electron chi connectivity index (χ2n) is 6.40. The molecule has 3 heterocycles. The van der Waals surface area contributed by atoms with Crippen LogP contribution in [0.5, 0.6) is 5.88 Å². The molecule has 2 aliphatic heterocycles. The van der Waals surface area contributed by atoms with Crippen molar-refractivity contribution in [1.82, 2.24) is 15.2 Å². The van der Waals surface area contributed by atoms with E-state index in [2.05, 4.69) is 15.0 Å². The van der Waals surface area contributed by atoms with Crippen LogP contribution in [0.15, 0.2) is 28.9 Å². The number of hydrogen-bond acceptors (Lipinski definition) is 8. The molecule has 2 atom stereocenters. The van der Waals surface area contributed by atoms with Crippen LogP contribution in [0.3, 0.4) is 0 Å². The lowest BCUT2D eigenvalue weighted by molar-refractivity contribution is 0.0598. The molecule has 1 fully saturated rings. The summed E-state index contributed by atoms with van der Waals surface area (Å²) in [5.74, 6) is -1.01. The first kappa shape index (κ1) is 19.1. The number of allylic oxidation sites excluding steroid dienone is 1. The average Bonchev–Trinajstić information content (AvgIpc) is 3.04. The summed E-state index contributed by atoms with van der Waals surface area (Å²) < 4.78 is 25.0. The number of nitrogens with one attached hydrogen (secondary N) is 1. The molecule has 0 saturated carbocycles. The zero-order chi connectivity index (χ0) is 19.7. The molecule has 0 spiro atoms. The minimum atomic E-state index is -0.680. The Labute approximate surface area is 160 Å². The van der Waals surface area contributed by atoms with Crippen LogP contribution in [-0.4, -0.2) is 48.2 Å². The first-order valence-electron chi connectivity index (χ1n) is 8.34. The Morgan fingerprint density at radius 2 is 2.30 bits per heavy atom. The fraction of sp³-hybridized carbons (Fsp3) is 0.412. The van der Waals surface area contributed by atoms with Gasteiger partial charge in [0.2, 0.25) is 0 Å². The number of aromatic nitrogens is 1. The molecule has 0 bridgehead atoms. The molecule has 3 rings (SSSR count). The van der Waals surface area contributed by atoms with Crippen LogP contribution in [0.2, 0.25) is 0 Å². The van der Waals surface area contributed by atoms with Gasteiger partial charge in [-0.05, 0) is 13.0 Å². The number of ether oxygens (including phenoxy) is 2. The van der Waals surface area contributed by atoms with Crippen LogP contribution in [0, 0.1) is 12.7 Å². The minimum Gasteiger partial charge on any atom is -0.470 e. The summed E-state index contributed by atoms with van der Waals surface area (Å²) in [6.45, 7) is 2.58. The molecule has 2 unspecified atom stereocenters. The number of esters is 1. The van der Waals surface area contributed by atoms with E-state index in [0.717, 1.165) is 0 Å². The number of hydrogen-bond donors (Lipinski definition) is 3. The Morgan fingerprint density at radius 3 is 2.96 bits per heavy atom. The largest absolute Gasteiger partial charge is 0.470 e. The fourth-order valence-corrected chi connectivity index (χ4v) is 3.43. The molecule has 1 saturated heterocycles. The van der Waals surface area contributed by atoms with Crippen molar-refractivity contribution in [3.8, 4) is 5.88 Å². The Morgan fingerprint density at radius 1 is 1.56 bits per heavy atom. The Hall–Kier alpha value is -2.68. The standard InChI is InChI=1S/C17H21ClFN5O3/c1-8-11(17(25)26-2)6-23-16(14(8)19)27-10-3-9-5-22-15(21)12(4-13(18)20)24(9)7-10/h4,6,9-10,22H,3,5,7,20-21H2,1-2H3/b13-4-. The molecule has 10 heteroatoms. The average molecular weight is 398 g/mol. The number of pyridine rings is 1. The lowest BCUT2D eigenvalue weighted by Gasteiger charge is -2.33. The van der Waals surface area contributed by atoms with E-state index < -0.39 is 11.8 Å². The Bertz CT molecular complexity index is 825. The van der Waals surface area contributed by atoms with Crippen molar-refractivity contribution < 1.29 is 18.7 Å². The van der Waals surface area contributed by atoms with Gasteiger partial charge in [0.25, 0.3) is 5.88 Å². The number of nitrogens with two attached hydrogens (primary N) is 2. The first-order chi connectivity index (χ1) is 12.8.